The fourth-order valence-electron chi connectivity index (χ4n) is 1.93. The number of rotatable bonds is 5. The number of hydrogen-bond acceptors (Lipinski definition) is 3. The van der Waals surface area contributed by atoms with Gasteiger partial charge in [-0.25, -0.2) is 0 Å². The Morgan fingerprint density at radius 2 is 1.86 bits per heavy atom. The highest BCUT2D eigenvalue weighted by Gasteiger charge is 2.10. The summed E-state index contributed by atoms with van der Waals surface area (Å²) in [5, 5.41) is 15.7. The van der Waals surface area contributed by atoms with Gasteiger partial charge in [-0.3, -0.25) is 4.79 Å². The maximum absolute atomic E-state index is 11.8. The quantitative estimate of drug-likeness (QED) is 0.743. The van der Waals surface area contributed by atoms with Crippen LogP contribution < -0.4 is 10.6 Å². The van der Waals surface area contributed by atoms with Gasteiger partial charge in [-0.1, -0.05) is 29.8 Å². The zero-order valence-corrected chi connectivity index (χ0v) is 12.4. The van der Waals surface area contributed by atoms with E-state index in [0.29, 0.717) is 10.7 Å². The molecule has 0 radical (unpaired) electrons. The van der Waals surface area contributed by atoms with Gasteiger partial charge in [0.1, 0.15) is 5.75 Å². The van der Waals surface area contributed by atoms with Crippen LogP contribution in [0.1, 0.15) is 18.5 Å². The number of nitrogens with one attached hydrogen (secondary N) is 2. The number of phenolic OH excluding ortho intramolecular Hbond substituents is 1. The molecule has 5 heteroatoms. The molecule has 0 spiro atoms. The lowest BCUT2D eigenvalue weighted by Crippen LogP contribution is -2.30. The zero-order valence-electron chi connectivity index (χ0n) is 11.6. The molecule has 0 aromatic heterocycles. The van der Waals surface area contributed by atoms with Crippen molar-refractivity contribution in [1.29, 1.82) is 0 Å². The van der Waals surface area contributed by atoms with Crippen LogP contribution in [0.15, 0.2) is 48.5 Å². The lowest BCUT2D eigenvalue weighted by atomic mass is 10.1. The van der Waals surface area contributed by atoms with E-state index in [0.717, 1.165) is 5.56 Å². The first-order valence-electron chi connectivity index (χ1n) is 6.63. The first-order chi connectivity index (χ1) is 10.1. The van der Waals surface area contributed by atoms with Crippen molar-refractivity contribution in [3.8, 4) is 5.75 Å². The molecule has 1 amide bonds. The molecule has 1 unspecified atom stereocenters. The second-order valence-corrected chi connectivity index (χ2v) is 5.13. The fraction of sp³-hybridized carbons (Fsp3) is 0.188. The van der Waals surface area contributed by atoms with Gasteiger partial charge in [0.25, 0.3) is 0 Å². The normalized spacial score (nSPS) is 11.9. The topological polar surface area (TPSA) is 61.4 Å². The highest BCUT2D eigenvalue weighted by Crippen LogP contribution is 2.21. The van der Waals surface area contributed by atoms with Gasteiger partial charge in [-0.2, -0.15) is 0 Å². The predicted octanol–water partition coefficient (Wildman–Crippen LogP) is 3.33. The first kappa shape index (κ1) is 15.4. The third kappa shape index (κ3) is 4.48. The van der Waals surface area contributed by atoms with Crippen molar-refractivity contribution in [3.05, 3.63) is 59.1 Å². The minimum absolute atomic E-state index is 0.0238. The number of halogens is 1. The Hall–Kier alpha value is -2.04. The Morgan fingerprint density at radius 1 is 1.19 bits per heavy atom. The molecule has 0 aliphatic heterocycles. The number of hydrogen-bond donors (Lipinski definition) is 3. The minimum Gasteiger partial charge on any atom is -0.508 e. The summed E-state index contributed by atoms with van der Waals surface area (Å²) in [5.74, 6) is 0.0121. The number of anilines is 1. The van der Waals surface area contributed by atoms with E-state index < -0.39 is 0 Å². The summed E-state index contributed by atoms with van der Waals surface area (Å²) < 4.78 is 0. The summed E-state index contributed by atoms with van der Waals surface area (Å²) in [6.07, 6.45) is 0. The standard InChI is InChI=1S/C16H17ClN2O2/c1-11(14-4-2-3-5-15(14)17)18-10-16(21)19-12-6-8-13(20)9-7-12/h2-9,11,18,20H,10H2,1H3,(H,19,21). The molecule has 0 aliphatic carbocycles. The average molecular weight is 305 g/mol. The predicted molar refractivity (Wildman–Crippen MR) is 84.6 cm³/mol. The molecule has 4 nitrogen and oxygen atoms in total. The summed E-state index contributed by atoms with van der Waals surface area (Å²) in [4.78, 5) is 11.8. The minimum atomic E-state index is -0.153. The van der Waals surface area contributed by atoms with Crippen LogP contribution in [0, 0.1) is 0 Å². The van der Waals surface area contributed by atoms with Crippen molar-refractivity contribution in [1.82, 2.24) is 5.32 Å². The van der Waals surface area contributed by atoms with Gasteiger partial charge >= 0.3 is 0 Å². The Morgan fingerprint density at radius 3 is 2.52 bits per heavy atom. The lowest BCUT2D eigenvalue weighted by molar-refractivity contribution is -0.115. The molecule has 0 bridgehead atoms. The molecule has 0 aliphatic rings. The number of amides is 1. The molecule has 3 N–H and O–H groups in total. The van der Waals surface area contributed by atoms with E-state index in [-0.39, 0.29) is 24.2 Å². The molecule has 1 atom stereocenters. The largest absolute Gasteiger partial charge is 0.508 e. The Bertz CT molecular complexity index is 614. The van der Waals surface area contributed by atoms with Crippen molar-refractivity contribution < 1.29 is 9.90 Å². The van der Waals surface area contributed by atoms with Gasteiger partial charge in [0.05, 0.1) is 6.54 Å². The monoisotopic (exact) mass is 304 g/mol. The molecule has 0 fully saturated rings. The number of phenols is 1. The van der Waals surface area contributed by atoms with Gasteiger partial charge in [0.2, 0.25) is 5.91 Å². The molecule has 2 aromatic carbocycles. The highest BCUT2D eigenvalue weighted by molar-refractivity contribution is 6.31. The highest BCUT2D eigenvalue weighted by atomic mass is 35.5. The number of carbonyl (C=O) groups excluding carboxylic acids is 1. The van der Waals surface area contributed by atoms with Crippen LogP contribution in [0.4, 0.5) is 5.69 Å². The summed E-state index contributed by atoms with van der Waals surface area (Å²) in [7, 11) is 0. The molecule has 2 rings (SSSR count). The van der Waals surface area contributed by atoms with Crippen molar-refractivity contribution in [3.63, 3.8) is 0 Å². The maximum atomic E-state index is 11.8. The molecule has 2 aromatic rings. The van der Waals surface area contributed by atoms with Crippen LogP contribution in [0.5, 0.6) is 5.75 Å². The first-order valence-corrected chi connectivity index (χ1v) is 7.01. The van der Waals surface area contributed by atoms with Crippen LogP contribution in [-0.4, -0.2) is 17.6 Å². The SMILES string of the molecule is CC(NCC(=O)Nc1ccc(O)cc1)c1ccccc1Cl. The van der Waals surface area contributed by atoms with Crippen molar-refractivity contribution in [2.45, 2.75) is 13.0 Å². The van der Waals surface area contributed by atoms with Gasteiger partial charge < -0.3 is 15.7 Å². The van der Waals surface area contributed by atoms with Crippen LogP contribution in [-0.2, 0) is 4.79 Å². The van der Waals surface area contributed by atoms with Gasteiger partial charge in [0, 0.05) is 16.8 Å². The summed E-state index contributed by atoms with van der Waals surface area (Å²) in [5.41, 5.74) is 1.60. The van der Waals surface area contributed by atoms with E-state index >= 15 is 0 Å². The second kappa shape index (κ2) is 7.11. The second-order valence-electron chi connectivity index (χ2n) is 4.72. The van der Waals surface area contributed by atoms with Crippen molar-refractivity contribution in [2.24, 2.45) is 0 Å². The smallest absolute Gasteiger partial charge is 0.238 e. The van der Waals surface area contributed by atoms with Crippen molar-refractivity contribution in [2.75, 3.05) is 11.9 Å². The third-order valence-corrected chi connectivity index (χ3v) is 3.44. The van der Waals surface area contributed by atoms with E-state index in [1.165, 1.54) is 12.1 Å². The third-order valence-electron chi connectivity index (χ3n) is 3.09. The Kier molecular flexibility index (Phi) is 5.20. The number of carbonyl (C=O) groups is 1. The van der Waals surface area contributed by atoms with E-state index in [4.69, 9.17) is 11.6 Å². The van der Waals surface area contributed by atoms with E-state index in [1.807, 2.05) is 31.2 Å². The average Bonchev–Trinajstić information content (AvgIpc) is 2.48. The maximum Gasteiger partial charge on any atom is 0.238 e. The summed E-state index contributed by atoms with van der Waals surface area (Å²) >= 11 is 6.11. The number of aromatic hydroxyl groups is 1. The molecule has 0 saturated carbocycles. The number of benzene rings is 2. The van der Waals surface area contributed by atoms with Gasteiger partial charge in [0.15, 0.2) is 0 Å². The van der Waals surface area contributed by atoms with E-state index in [1.54, 1.807) is 12.1 Å². The molecule has 110 valence electrons. The van der Waals surface area contributed by atoms with Crippen LogP contribution >= 0.6 is 11.6 Å². The summed E-state index contributed by atoms with van der Waals surface area (Å²) in [6.45, 7) is 2.13. The molecule has 0 heterocycles. The summed E-state index contributed by atoms with van der Waals surface area (Å²) in [6, 6.07) is 13.8. The van der Waals surface area contributed by atoms with Gasteiger partial charge in [-0.15, -0.1) is 0 Å². The van der Waals surface area contributed by atoms with Gasteiger partial charge in [-0.05, 0) is 42.8 Å². The van der Waals surface area contributed by atoms with Crippen molar-refractivity contribution >= 4 is 23.2 Å². The lowest BCUT2D eigenvalue weighted by Gasteiger charge is -2.15. The fourth-order valence-corrected chi connectivity index (χ4v) is 2.23. The van der Waals surface area contributed by atoms with E-state index in [2.05, 4.69) is 10.6 Å². The zero-order chi connectivity index (χ0) is 15.2. The molecule has 21 heavy (non-hydrogen) atoms. The van der Waals surface area contributed by atoms with Crippen LogP contribution in [0.25, 0.3) is 0 Å². The van der Waals surface area contributed by atoms with Crippen LogP contribution in [0.3, 0.4) is 0 Å². The van der Waals surface area contributed by atoms with E-state index in [9.17, 15) is 9.90 Å². The Labute approximate surface area is 128 Å². The van der Waals surface area contributed by atoms with Crippen LogP contribution in [0.2, 0.25) is 5.02 Å². The molecule has 0 saturated heterocycles. The molecular formula is C16H17ClN2O2. The Balaban J connectivity index is 1.86. The molecular weight excluding hydrogens is 288 g/mol.